The number of carbonyl (C=O) groups is 2. The summed E-state index contributed by atoms with van der Waals surface area (Å²) in [4.78, 5) is 37.0. The Morgan fingerprint density at radius 2 is 1.75 bits per heavy atom. The Bertz CT molecular complexity index is 898. The van der Waals surface area contributed by atoms with Crippen LogP contribution in [0.5, 0.6) is 0 Å². The predicted molar refractivity (Wildman–Crippen MR) is 112 cm³/mol. The maximum absolute atomic E-state index is 12.8. The number of nitrogens with zero attached hydrogens (tertiary/aromatic N) is 2. The highest BCUT2D eigenvalue weighted by Gasteiger charge is 2.19. The van der Waals surface area contributed by atoms with Crippen molar-refractivity contribution in [2.45, 2.75) is 38.6 Å². The zero-order chi connectivity index (χ0) is 20.1. The SMILES string of the molecule is Cc1c(NC(=O)CSCC(=O)NC2CCCC2)c(=O)n(-c2ccccc2)n1C. The molecule has 7 nitrogen and oxygen atoms in total. The molecule has 3 rings (SSSR count). The molecular weight excluding hydrogens is 376 g/mol. The van der Waals surface area contributed by atoms with Gasteiger partial charge in [-0.3, -0.25) is 19.1 Å². The highest BCUT2D eigenvalue weighted by atomic mass is 32.2. The molecule has 0 atom stereocenters. The molecule has 0 radical (unpaired) electrons. The molecule has 1 heterocycles. The summed E-state index contributed by atoms with van der Waals surface area (Å²) in [5, 5.41) is 5.71. The van der Waals surface area contributed by atoms with E-state index in [1.165, 1.54) is 16.4 Å². The minimum absolute atomic E-state index is 0.0352. The van der Waals surface area contributed by atoms with Gasteiger partial charge in [-0.05, 0) is 31.9 Å². The predicted octanol–water partition coefficient (Wildman–Crippen LogP) is 2.21. The van der Waals surface area contributed by atoms with Crippen LogP contribution in [0.4, 0.5) is 5.69 Å². The Morgan fingerprint density at radius 3 is 2.43 bits per heavy atom. The molecule has 0 bridgehead atoms. The van der Waals surface area contributed by atoms with Gasteiger partial charge in [0.05, 0.1) is 22.9 Å². The Morgan fingerprint density at radius 1 is 1.11 bits per heavy atom. The van der Waals surface area contributed by atoms with Crippen LogP contribution < -0.4 is 16.2 Å². The van der Waals surface area contributed by atoms with Gasteiger partial charge in [0.15, 0.2) is 0 Å². The smallest absolute Gasteiger partial charge is 0.295 e. The van der Waals surface area contributed by atoms with E-state index in [4.69, 9.17) is 0 Å². The number of nitrogens with one attached hydrogen (secondary N) is 2. The first-order valence-electron chi connectivity index (χ1n) is 9.48. The zero-order valence-electron chi connectivity index (χ0n) is 16.2. The van der Waals surface area contributed by atoms with E-state index in [2.05, 4.69) is 10.6 Å². The van der Waals surface area contributed by atoms with Gasteiger partial charge in [0, 0.05) is 13.1 Å². The summed E-state index contributed by atoms with van der Waals surface area (Å²) >= 11 is 1.25. The molecule has 8 heteroatoms. The molecule has 0 saturated heterocycles. The molecule has 1 fully saturated rings. The molecule has 1 aliphatic rings. The summed E-state index contributed by atoms with van der Waals surface area (Å²) < 4.78 is 3.24. The Hall–Kier alpha value is -2.48. The lowest BCUT2D eigenvalue weighted by atomic mass is 10.2. The van der Waals surface area contributed by atoms with Gasteiger partial charge in [0.1, 0.15) is 5.69 Å². The van der Waals surface area contributed by atoms with Gasteiger partial charge >= 0.3 is 0 Å². The average Bonchev–Trinajstić information content (AvgIpc) is 3.25. The van der Waals surface area contributed by atoms with Gasteiger partial charge in [0.2, 0.25) is 11.8 Å². The van der Waals surface area contributed by atoms with Gasteiger partial charge in [-0.15, -0.1) is 11.8 Å². The van der Waals surface area contributed by atoms with Crippen molar-refractivity contribution in [3.8, 4) is 5.69 Å². The number of thioether (sulfide) groups is 1. The number of anilines is 1. The second-order valence-electron chi connectivity index (χ2n) is 7.03. The van der Waals surface area contributed by atoms with Crippen LogP contribution in [0.15, 0.2) is 35.1 Å². The minimum Gasteiger partial charge on any atom is -0.353 e. The molecule has 150 valence electrons. The lowest BCUT2D eigenvalue weighted by Crippen LogP contribution is -2.34. The maximum Gasteiger partial charge on any atom is 0.295 e. The van der Waals surface area contributed by atoms with Crippen molar-refractivity contribution in [2.24, 2.45) is 7.05 Å². The molecular formula is C20H26N4O3S. The molecule has 0 unspecified atom stereocenters. The third-order valence-electron chi connectivity index (χ3n) is 5.01. The van der Waals surface area contributed by atoms with Crippen molar-refractivity contribution in [3.63, 3.8) is 0 Å². The van der Waals surface area contributed by atoms with E-state index < -0.39 is 0 Å². The van der Waals surface area contributed by atoms with Crippen LogP contribution in [-0.4, -0.2) is 38.7 Å². The second-order valence-corrected chi connectivity index (χ2v) is 8.01. The van der Waals surface area contributed by atoms with Crippen LogP contribution in [0, 0.1) is 6.92 Å². The quantitative estimate of drug-likeness (QED) is 0.744. The van der Waals surface area contributed by atoms with Crippen molar-refractivity contribution in [1.82, 2.24) is 14.7 Å². The van der Waals surface area contributed by atoms with Crippen LogP contribution in [0.25, 0.3) is 5.69 Å². The first-order chi connectivity index (χ1) is 13.5. The fourth-order valence-corrected chi connectivity index (χ4v) is 4.09. The van der Waals surface area contributed by atoms with Crippen molar-refractivity contribution < 1.29 is 9.59 Å². The third-order valence-corrected chi connectivity index (χ3v) is 5.94. The van der Waals surface area contributed by atoms with Gasteiger partial charge in [0.25, 0.3) is 5.56 Å². The molecule has 1 aliphatic carbocycles. The van der Waals surface area contributed by atoms with Crippen LogP contribution in [0.1, 0.15) is 31.4 Å². The third kappa shape index (κ3) is 4.67. The number of aromatic nitrogens is 2. The van der Waals surface area contributed by atoms with Crippen molar-refractivity contribution in [2.75, 3.05) is 16.8 Å². The molecule has 0 spiro atoms. The summed E-state index contributed by atoms with van der Waals surface area (Å²) in [6.07, 6.45) is 4.41. The van der Waals surface area contributed by atoms with Crippen LogP contribution in [0.3, 0.4) is 0 Å². The monoisotopic (exact) mass is 402 g/mol. The van der Waals surface area contributed by atoms with Crippen LogP contribution in [-0.2, 0) is 16.6 Å². The first-order valence-corrected chi connectivity index (χ1v) is 10.6. The summed E-state index contributed by atoms with van der Waals surface area (Å²) in [5.41, 5.74) is 1.40. The minimum atomic E-state index is -0.287. The first kappa shape index (κ1) is 20.3. The molecule has 0 aliphatic heterocycles. The summed E-state index contributed by atoms with van der Waals surface area (Å²) in [6, 6.07) is 9.56. The molecule has 1 aromatic carbocycles. The lowest BCUT2D eigenvalue weighted by molar-refractivity contribution is -0.119. The van der Waals surface area contributed by atoms with Crippen LogP contribution >= 0.6 is 11.8 Å². The Kier molecular flexibility index (Phi) is 6.61. The zero-order valence-corrected chi connectivity index (χ0v) is 17.1. The van der Waals surface area contributed by atoms with E-state index in [1.54, 1.807) is 18.7 Å². The molecule has 2 N–H and O–H groups in total. The number of carbonyl (C=O) groups excluding carboxylic acids is 2. The molecule has 1 saturated carbocycles. The van der Waals surface area contributed by atoms with E-state index in [-0.39, 0.29) is 40.6 Å². The standard InChI is InChI=1S/C20H26N4O3S/c1-14-19(20(27)24(23(14)2)16-10-4-3-5-11-16)22-18(26)13-28-12-17(25)21-15-8-6-7-9-15/h3-5,10-11,15H,6-9,12-13H2,1-2H3,(H,21,25)(H,22,26). The van der Waals surface area contributed by atoms with Gasteiger partial charge in [-0.1, -0.05) is 31.0 Å². The van der Waals surface area contributed by atoms with Crippen molar-refractivity contribution >= 4 is 29.3 Å². The van der Waals surface area contributed by atoms with E-state index in [9.17, 15) is 14.4 Å². The van der Waals surface area contributed by atoms with Crippen molar-refractivity contribution in [1.29, 1.82) is 0 Å². The fraction of sp³-hybridized carbons (Fsp3) is 0.450. The van der Waals surface area contributed by atoms with Gasteiger partial charge < -0.3 is 10.6 Å². The molecule has 28 heavy (non-hydrogen) atoms. The number of rotatable bonds is 7. The fourth-order valence-electron chi connectivity index (χ4n) is 3.46. The highest BCUT2D eigenvalue weighted by molar-refractivity contribution is 8.00. The van der Waals surface area contributed by atoms with Crippen molar-refractivity contribution in [3.05, 3.63) is 46.4 Å². The summed E-state index contributed by atoms with van der Waals surface area (Å²) in [6.45, 7) is 1.79. The van der Waals surface area contributed by atoms with E-state index in [1.807, 2.05) is 30.3 Å². The molecule has 2 amide bonds. The number of amides is 2. The largest absolute Gasteiger partial charge is 0.353 e. The van der Waals surface area contributed by atoms with Gasteiger partial charge in [-0.25, -0.2) is 4.68 Å². The number of benzene rings is 1. The molecule has 1 aromatic heterocycles. The van der Waals surface area contributed by atoms with E-state index in [0.29, 0.717) is 5.69 Å². The summed E-state index contributed by atoms with van der Waals surface area (Å²) in [5.74, 6) is 0.0417. The maximum atomic E-state index is 12.8. The Labute approximate surface area is 168 Å². The number of hydrogen-bond acceptors (Lipinski definition) is 4. The normalized spacial score (nSPS) is 14.2. The topological polar surface area (TPSA) is 85.1 Å². The average molecular weight is 403 g/mol. The number of para-hydroxylation sites is 1. The number of hydrogen-bond donors (Lipinski definition) is 2. The Balaban J connectivity index is 1.57. The summed E-state index contributed by atoms with van der Waals surface area (Å²) in [7, 11) is 1.78. The lowest BCUT2D eigenvalue weighted by Gasteiger charge is -2.11. The van der Waals surface area contributed by atoms with E-state index in [0.717, 1.165) is 31.4 Å². The van der Waals surface area contributed by atoms with E-state index >= 15 is 0 Å². The highest BCUT2D eigenvalue weighted by Crippen LogP contribution is 2.18. The van der Waals surface area contributed by atoms with Gasteiger partial charge in [-0.2, -0.15) is 0 Å². The van der Waals surface area contributed by atoms with Crippen LogP contribution in [0.2, 0.25) is 0 Å². The second kappa shape index (κ2) is 9.14. The molecule has 2 aromatic rings.